The van der Waals surface area contributed by atoms with E-state index in [1.165, 1.54) is 6.42 Å². The number of nitrogens with zero attached hydrogens (tertiary/aromatic N) is 5. The molecule has 8 heteroatoms. The number of aromatic nitrogens is 5. The average molecular weight is 423 g/mol. The van der Waals surface area contributed by atoms with Crippen LogP contribution in [0.5, 0.6) is 0 Å². The Bertz CT molecular complexity index is 1120. The van der Waals surface area contributed by atoms with Gasteiger partial charge in [-0.25, -0.2) is 4.68 Å². The van der Waals surface area contributed by atoms with Gasteiger partial charge in [0.1, 0.15) is 6.04 Å². The van der Waals surface area contributed by atoms with Crippen molar-refractivity contribution in [2.45, 2.75) is 64.6 Å². The fourth-order valence-electron chi connectivity index (χ4n) is 4.99. The van der Waals surface area contributed by atoms with E-state index in [0.29, 0.717) is 12.1 Å². The van der Waals surface area contributed by atoms with Gasteiger partial charge in [0.05, 0.1) is 18.2 Å². The zero-order valence-electron chi connectivity index (χ0n) is 18.3. The van der Waals surface area contributed by atoms with Crippen molar-refractivity contribution in [1.29, 1.82) is 0 Å². The summed E-state index contributed by atoms with van der Waals surface area (Å²) < 4.78 is 7.67. The van der Waals surface area contributed by atoms with Crippen LogP contribution >= 0.6 is 0 Å². The van der Waals surface area contributed by atoms with E-state index in [0.717, 1.165) is 73.2 Å². The number of benzene rings is 1. The lowest BCUT2D eigenvalue weighted by Crippen LogP contribution is -2.39. The van der Waals surface area contributed by atoms with Crippen molar-refractivity contribution < 1.29 is 4.74 Å². The summed E-state index contributed by atoms with van der Waals surface area (Å²) in [6, 6.07) is 5.94. The summed E-state index contributed by atoms with van der Waals surface area (Å²) in [5.41, 5.74) is 3.77. The molecule has 2 saturated heterocycles. The molecule has 2 fully saturated rings. The van der Waals surface area contributed by atoms with Crippen LogP contribution in [-0.2, 0) is 11.3 Å². The number of aromatic amines is 1. The number of likely N-dealkylation sites (tertiary alicyclic amines) is 1. The Balaban J connectivity index is 1.63. The molecule has 2 unspecified atom stereocenters. The van der Waals surface area contributed by atoms with Gasteiger partial charge in [-0.15, -0.1) is 5.10 Å². The number of hydrogen-bond donors (Lipinski definition) is 1. The first-order valence-electron chi connectivity index (χ1n) is 11.4. The fourth-order valence-corrected chi connectivity index (χ4v) is 4.99. The fraction of sp³-hybridized carbons (Fsp3) is 0.565. The molecule has 0 bridgehead atoms. The Hall–Kier alpha value is -2.58. The van der Waals surface area contributed by atoms with Crippen LogP contribution in [0, 0.1) is 13.8 Å². The van der Waals surface area contributed by atoms with Gasteiger partial charge in [0, 0.05) is 17.6 Å². The van der Waals surface area contributed by atoms with Gasteiger partial charge in [-0.3, -0.25) is 9.69 Å². The van der Waals surface area contributed by atoms with Crippen LogP contribution < -0.4 is 5.56 Å². The first kappa shape index (κ1) is 20.3. The van der Waals surface area contributed by atoms with Crippen LogP contribution in [0.4, 0.5) is 0 Å². The Morgan fingerprint density at radius 3 is 2.74 bits per heavy atom. The molecule has 0 amide bonds. The van der Waals surface area contributed by atoms with Crippen LogP contribution in [0.25, 0.3) is 10.9 Å². The van der Waals surface area contributed by atoms with Crippen molar-refractivity contribution in [3.63, 3.8) is 0 Å². The van der Waals surface area contributed by atoms with E-state index in [1.54, 1.807) is 0 Å². The predicted octanol–water partition coefficient (Wildman–Crippen LogP) is 2.89. The number of H-pyrrole nitrogens is 1. The molecule has 0 radical (unpaired) electrons. The molecule has 8 nitrogen and oxygen atoms in total. The molecule has 1 N–H and O–H groups in total. The zero-order valence-corrected chi connectivity index (χ0v) is 18.3. The number of ether oxygens (including phenoxy) is 1. The first-order valence-corrected chi connectivity index (χ1v) is 11.4. The summed E-state index contributed by atoms with van der Waals surface area (Å²) in [5.74, 6) is 0.729. The summed E-state index contributed by atoms with van der Waals surface area (Å²) in [6.07, 6.45) is 5.67. The van der Waals surface area contributed by atoms with Crippen molar-refractivity contribution in [3.05, 3.63) is 51.1 Å². The van der Waals surface area contributed by atoms with Gasteiger partial charge in [0.15, 0.2) is 5.82 Å². The molecular formula is C23H30N6O2. The molecular weight excluding hydrogens is 392 g/mol. The van der Waals surface area contributed by atoms with Gasteiger partial charge in [0.2, 0.25) is 0 Å². The third-order valence-corrected chi connectivity index (χ3v) is 6.73. The Labute approximate surface area is 181 Å². The van der Waals surface area contributed by atoms with Crippen LogP contribution in [0.15, 0.2) is 23.0 Å². The van der Waals surface area contributed by atoms with Crippen molar-refractivity contribution in [3.8, 4) is 0 Å². The van der Waals surface area contributed by atoms with Gasteiger partial charge >= 0.3 is 0 Å². The van der Waals surface area contributed by atoms with Gasteiger partial charge in [-0.2, -0.15) is 0 Å². The molecule has 2 aliphatic rings. The van der Waals surface area contributed by atoms with Crippen molar-refractivity contribution in [2.24, 2.45) is 0 Å². The minimum atomic E-state index is -0.273. The second-order valence-electron chi connectivity index (χ2n) is 8.90. The molecule has 2 atom stereocenters. The van der Waals surface area contributed by atoms with Crippen molar-refractivity contribution in [2.75, 3.05) is 19.7 Å². The number of piperidine rings is 1. The number of nitrogens with one attached hydrogen (secondary N) is 1. The topological polar surface area (TPSA) is 88.9 Å². The maximum Gasteiger partial charge on any atom is 0.253 e. The van der Waals surface area contributed by atoms with E-state index < -0.39 is 0 Å². The minimum Gasteiger partial charge on any atom is -0.376 e. The third kappa shape index (κ3) is 3.90. The molecule has 5 rings (SSSR count). The number of fused-ring (bicyclic) bond motifs is 1. The highest BCUT2D eigenvalue weighted by atomic mass is 16.5. The average Bonchev–Trinajstić information content (AvgIpc) is 3.46. The summed E-state index contributed by atoms with van der Waals surface area (Å²) >= 11 is 0. The maximum absolute atomic E-state index is 13.3. The summed E-state index contributed by atoms with van der Waals surface area (Å²) in [6.45, 7) is 7.39. The van der Waals surface area contributed by atoms with E-state index in [4.69, 9.17) is 4.74 Å². The minimum absolute atomic E-state index is 0.0663. The van der Waals surface area contributed by atoms with E-state index >= 15 is 0 Å². The van der Waals surface area contributed by atoms with E-state index in [9.17, 15) is 4.79 Å². The maximum atomic E-state index is 13.3. The van der Waals surface area contributed by atoms with Crippen molar-refractivity contribution in [1.82, 2.24) is 30.1 Å². The van der Waals surface area contributed by atoms with Gasteiger partial charge in [0.25, 0.3) is 5.56 Å². The summed E-state index contributed by atoms with van der Waals surface area (Å²) in [4.78, 5) is 18.9. The van der Waals surface area contributed by atoms with Gasteiger partial charge in [-0.05, 0) is 80.2 Å². The second-order valence-corrected chi connectivity index (χ2v) is 8.90. The number of hydrogen-bond acceptors (Lipinski definition) is 6. The predicted molar refractivity (Wildman–Crippen MR) is 118 cm³/mol. The van der Waals surface area contributed by atoms with Crippen molar-refractivity contribution >= 4 is 10.9 Å². The molecule has 3 aromatic rings. The largest absolute Gasteiger partial charge is 0.376 e. The molecule has 4 heterocycles. The number of rotatable bonds is 5. The van der Waals surface area contributed by atoms with Crippen LogP contribution in [0.3, 0.4) is 0 Å². The smallest absolute Gasteiger partial charge is 0.253 e. The van der Waals surface area contributed by atoms with Crippen LogP contribution in [0.1, 0.15) is 60.7 Å². The van der Waals surface area contributed by atoms with Crippen LogP contribution in [0.2, 0.25) is 0 Å². The standard InChI is InChI=1S/C23H30N6O2/c1-15-8-9-16(2)20-18(15)13-19(23(30)24-20)21(28-10-4-3-5-11-28)22-25-26-27-29(22)14-17-7-6-12-31-17/h8-9,13,17,21H,3-7,10-12,14H2,1-2H3,(H,24,30). The van der Waals surface area contributed by atoms with Gasteiger partial charge < -0.3 is 9.72 Å². The van der Waals surface area contributed by atoms with Crippen LogP contribution in [-0.4, -0.2) is 55.9 Å². The third-order valence-electron chi connectivity index (χ3n) is 6.73. The summed E-state index contributed by atoms with van der Waals surface area (Å²) in [5, 5.41) is 13.8. The normalized spacial score (nSPS) is 21.0. The molecule has 1 aromatic carbocycles. The molecule has 31 heavy (non-hydrogen) atoms. The lowest BCUT2D eigenvalue weighted by Gasteiger charge is -2.33. The zero-order chi connectivity index (χ0) is 21.4. The number of pyridine rings is 1. The Morgan fingerprint density at radius 2 is 1.97 bits per heavy atom. The lowest BCUT2D eigenvalue weighted by atomic mass is 9.98. The first-order chi connectivity index (χ1) is 15.1. The molecule has 2 aromatic heterocycles. The number of tetrazole rings is 1. The molecule has 0 aliphatic carbocycles. The Morgan fingerprint density at radius 1 is 1.16 bits per heavy atom. The quantitative estimate of drug-likeness (QED) is 0.680. The van der Waals surface area contributed by atoms with E-state index in [1.807, 2.05) is 11.6 Å². The molecule has 164 valence electrons. The van der Waals surface area contributed by atoms with Gasteiger partial charge in [-0.1, -0.05) is 18.6 Å². The highest BCUT2D eigenvalue weighted by Gasteiger charge is 2.32. The molecule has 0 saturated carbocycles. The molecule has 0 spiro atoms. The lowest BCUT2D eigenvalue weighted by molar-refractivity contribution is 0.0902. The monoisotopic (exact) mass is 422 g/mol. The molecule has 2 aliphatic heterocycles. The second kappa shape index (κ2) is 8.51. The SMILES string of the molecule is Cc1ccc(C)c2[nH]c(=O)c(C(c3nnnn3CC3CCCO3)N3CCCCC3)cc12. The highest BCUT2D eigenvalue weighted by molar-refractivity contribution is 5.85. The highest BCUT2D eigenvalue weighted by Crippen LogP contribution is 2.31. The summed E-state index contributed by atoms with van der Waals surface area (Å²) in [7, 11) is 0. The Kier molecular flexibility index (Phi) is 5.58. The van der Waals surface area contributed by atoms with E-state index in [2.05, 4.69) is 50.5 Å². The number of aryl methyl sites for hydroxylation is 2. The van der Waals surface area contributed by atoms with E-state index in [-0.39, 0.29) is 17.7 Å².